The van der Waals surface area contributed by atoms with Crippen LogP contribution in [0.1, 0.15) is 11.4 Å². The summed E-state index contributed by atoms with van der Waals surface area (Å²) >= 11 is 3.44. The fourth-order valence-corrected chi connectivity index (χ4v) is 2.35. The average Bonchev–Trinajstić information content (AvgIpc) is 2.76. The topological polar surface area (TPSA) is 68.0 Å². The SMILES string of the molecule is Cn1ncnc1CC(Cc1ccccc1Br)C(=O)O. The highest BCUT2D eigenvalue weighted by molar-refractivity contribution is 9.10. The van der Waals surface area contributed by atoms with Gasteiger partial charge in [0.25, 0.3) is 0 Å². The van der Waals surface area contributed by atoms with Crippen molar-refractivity contribution >= 4 is 21.9 Å². The van der Waals surface area contributed by atoms with Crippen LogP contribution in [0.2, 0.25) is 0 Å². The summed E-state index contributed by atoms with van der Waals surface area (Å²) in [5.41, 5.74) is 0.983. The largest absolute Gasteiger partial charge is 0.481 e. The number of aliphatic carboxylic acids is 1. The molecule has 1 aromatic heterocycles. The summed E-state index contributed by atoms with van der Waals surface area (Å²) in [5, 5.41) is 13.3. The number of aromatic nitrogens is 3. The van der Waals surface area contributed by atoms with Crippen LogP contribution in [0.25, 0.3) is 0 Å². The molecule has 100 valence electrons. The van der Waals surface area contributed by atoms with Gasteiger partial charge in [-0.05, 0) is 18.1 Å². The quantitative estimate of drug-likeness (QED) is 0.914. The first-order chi connectivity index (χ1) is 9.08. The molecule has 6 heteroatoms. The first-order valence-electron chi connectivity index (χ1n) is 5.87. The second-order valence-electron chi connectivity index (χ2n) is 4.33. The Morgan fingerprint density at radius 3 is 2.74 bits per heavy atom. The summed E-state index contributed by atoms with van der Waals surface area (Å²) in [4.78, 5) is 15.5. The van der Waals surface area contributed by atoms with E-state index in [9.17, 15) is 9.90 Å². The normalized spacial score (nSPS) is 12.3. The van der Waals surface area contributed by atoms with Crippen molar-refractivity contribution in [3.63, 3.8) is 0 Å². The first-order valence-corrected chi connectivity index (χ1v) is 6.66. The van der Waals surface area contributed by atoms with Gasteiger partial charge in [-0.2, -0.15) is 5.10 Å². The van der Waals surface area contributed by atoms with Crippen LogP contribution >= 0.6 is 15.9 Å². The van der Waals surface area contributed by atoms with Gasteiger partial charge in [0.1, 0.15) is 12.2 Å². The molecular formula is C13H14BrN3O2. The molecule has 1 heterocycles. The highest BCUT2D eigenvalue weighted by Gasteiger charge is 2.21. The van der Waals surface area contributed by atoms with Crippen LogP contribution in [0.15, 0.2) is 35.1 Å². The molecule has 0 spiro atoms. The van der Waals surface area contributed by atoms with E-state index in [4.69, 9.17) is 0 Å². The van der Waals surface area contributed by atoms with Gasteiger partial charge in [0, 0.05) is 17.9 Å². The van der Waals surface area contributed by atoms with E-state index >= 15 is 0 Å². The molecular weight excluding hydrogens is 310 g/mol. The Morgan fingerprint density at radius 1 is 1.42 bits per heavy atom. The van der Waals surface area contributed by atoms with Gasteiger partial charge < -0.3 is 5.11 Å². The lowest BCUT2D eigenvalue weighted by atomic mass is 9.96. The van der Waals surface area contributed by atoms with E-state index in [0.29, 0.717) is 18.7 Å². The molecule has 1 unspecified atom stereocenters. The van der Waals surface area contributed by atoms with E-state index in [1.165, 1.54) is 6.33 Å². The third-order valence-corrected chi connectivity index (χ3v) is 3.78. The molecule has 0 aliphatic heterocycles. The third-order valence-electron chi connectivity index (χ3n) is 3.01. The molecule has 2 rings (SSSR count). The molecule has 0 saturated carbocycles. The van der Waals surface area contributed by atoms with Crippen molar-refractivity contribution in [2.24, 2.45) is 13.0 Å². The molecule has 19 heavy (non-hydrogen) atoms. The summed E-state index contributed by atoms with van der Waals surface area (Å²) in [6, 6.07) is 7.65. The Bertz CT molecular complexity index is 583. The zero-order valence-corrected chi connectivity index (χ0v) is 12.0. The number of carboxylic acid groups (broad SMARTS) is 1. The number of aryl methyl sites for hydroxylation is 1. The lowest BCUT2D eigenvalue weighted by Gasteiger charge is -2.12. The van der Waals surface area contributed by atoms with Crippen molar-refractivity contribution in [2.75, 3.05) is 0 Å². The summed E-state index contributed by atoms with van der Waals surface area (Å²) < 4.78 is 2.54. The summed E-state index contributed by atoms with van der Waals surface area (Å²) in [5.74, 6) is -0.653. The molecule has 1 aromatic carbocycles. The van der Waals surface area contributed by atoms with Crippen LogP contribution in [0.4, 0.5) is 0 Å². The summed E-state index contributed by atoms with van der Waals surface area (Å²) in [6.45, 7) is 0. The fourth-order valence-electron chi connectivity index (χ4n) is 1.90. The fraction of sp³-hybridized carbons (Fsp3) is 0.308. The van der Waals surface area contributed by atoms with Gasteiger partial charge in [-0.25, -0.2) is 4.98 Å². The predicted molar refractivity (Wildman–Crippen MR) is 73.7 cm³/mol. The molecule has 0 aliphatic rings. The Kier molecular flexibility index (Phi) is 4.31. The maximum absolute atomic E-state index is 11.4. The number of nitrogens with zero attached hydrogens (tertiary/aromatic N) is 3. The average molecular weight is 324 g/mol. The molecule has 0 aliphatic carbocycles. The van der Waals surface area contributed by atoms with Gasteiger partial charge in [0.15, 0.2) is 0 Å². The lowest BCUT2D eigenvalue weighted by Crippen LogP contribution is -2.21. The number of carbonyl (C=O) groups is 1. The van der Waals surface area contributed by atoms with Gasteiger partial charge in [0.2, 0.25) is 0 Å². The highest BCUT2D eigenvalue weighted by Crippen LogP contribution is 2.21. The maximum Gasteiger partial charge on any atom is 0.307 e. The molecule has 0 amide bonds. The van der Waals surface area contributed by atoms with Crippen molar-refractivity contribution in [3.05, 3.63) is 46.5 Å². The number of hydrogen-bond acceptors (Lipinski definition) is 3. The third kappa shape index (κ3) is 3.41. The summed E-state index contributed by atoms with van der Waals surface area (Å²) in [6.07, 6.45) is 2.27. The van der Waals surface area contributed by atoms with E-state index in [2.05, 4.69) is 26.0 Å². The number of rotatable bonds is 5. The zero-order valence-electron chi connectivity index (χ0n) is 10.5. The monoisotopic (exact) mass is 323 g/mol. The minimum absolute atomic E-state index is 0.368. The van der Waals surface area contributed by atoms with Crippen LogP contribution in [0, 0.1) is 5.92 Å². The maximum atomic E-state index is 11.4. The van der Waals surface area contributed by atoms with Gasteiger partial charge >= 0.3 is 5.97 Å². The lowest BCUT2D eigenvalue weighted by molar-refractivity contribution is -0.141. The molecule has 0 radical (unpaired) electrons. The van der Waals surface area contributed by atoms with Crippen LogP contribution in [-0.2, 0) is 24.7 Å². The number of benzene rings is 1. The zero-order chi connectivity index (χ0) is 13.8. The van der Waals surface area contributed by atoms with Gasteiger partial charge in [-0.1, -0.05) is 34.1 Å². The van der Waals surface area contributed by atoms with Crippen molar-refractivity contribution < 1.29 is 9.90 Å². The van der Waals surface area contributed by atoms with E-state index < -0.39 is 11.9 Å². The standard InChI is InChI=1S/C13H14BrN3O2/c1-17-12(15-8-16-17)7-10(13(18)19)6-9-4-2-3-5-11(9)14/h2-5,8,10H,6-7H2,1H3,(H,18,19). The first kappa shape index (κ1) is 13.7. The predicted octanol–water partition coefficient (Wildman–Crippen LogP) is 2.06. The Morgan fingerprint density at radius 2 is 2.16 bits per heavy atom. The smallest absolute Gasteiger partial charge is 0.307 e. The van der Waals surface area contributed by atoms with Crippen LogP contribution in [-0.4, -0.2) is 25.8 Å². The molecule has 1 N–H and O–H groups in total. The molecule has 0 bridgehead atoms. The molecule has 5 nitrogen and oxygen atoms in total. The van der Waals surface area contributed by atoms with E-state index in [1.807, 2.05) is 24.3 Å². The minimum Gasteiger partial charge on any atom is -0.481 e. The second-order valence-corrected chi connectivity index (χ2v) is 5.19. The van der Waals surface area contributed by atoms with Crippen LogP contribution < -0.4 is 0 Å². The van der Waals surface area contributed by atoms with E-state index in [0.717, 1.165) is 10.0 Å². The second kappa shape index (κ2) is 5.97. The van der Waals surface area contributed by atoms with E-state index in [1.54, 1.807) is 11.7 Å². The summed E-state index contributed by atoms with van der Waals surface area (Å²) in [7, 11) is 1.76. The Balaban J connectivity index is 2.16. The van der Waals surface area contributed by atoms with Crippen LogP contribution in [0.5, 0.6) is 0 Å². The van der Waals surface area contributed by atoms with Crippen LogP contribution in [0.3, 0.4) is 0 Å². The molecule has 0 fully saturated rings. The van der Waals surface area contributed by atoms with E-state index in [-0.39, 0.29) is 0 Å². The van der Waals surface area contributed by atoms with Gasteiger partial charge in [-0.3, -0.25) is 9.48 Å². The number of carboxylic acids is 1. The molecule has 2 aromatic rings. The minimum atomic E-state index is -0.821. The number of hydrogen-bond donors (Lipinski definition) is 1. The van der Waals surface area contributed by atoms with Gasteiger partial charge in [0.05, 0.1) is 5.92 Å². The van der Waals surface area contributed by atoms with Crippen molar-refractivity contribution in [2.45, 2.75) is 12.8 Å². The number of halogens is 1. The van der Waals surface area contributed by atoms with Crippen molar-refractivity contribution in [3.8, 4) is 0 Å². The highest BCUT2D eigenvalue weighted by atomic mass is 79.9. The van der Waals surface area contributed by atoms with Crippen molar-refractivity contribution in [1.29, 1.82) is 0 Å². The Labute approximate surface area is 119 Å². The van der Waals surface area contributed by atoms with Crippen molar-refractivity contribution in [1.82, 2.24) is 14.8 Å². The van der Waals surface area contributed by atoms with Gasteiger partial charge in [-0.15, -0.1) is 0 Å². The Hall–Kier alpha value is -1.69. The molecule has 1 atom stereocenters. The molecule has 0 saturated heterocycles.